The zero-order valence-electron chi connectivity index (χ0n) is 11.2. The van der Waals surface area contributed by atoms with Crippen LogP contribution in [0.3, 0.4) is 0 Å². The van der Waals surface area contributed by atoms with E-state index in [-0.39, 0.29) is 5.75 Å². The number of nitrogens with zero attached hydrogens (tertiary/aromatic N) is 4. The standard InChI is InChI=1S/C12H14N4O3S/c1-6-10(19-7(2)13-6)11-14-15-12(20-5-9(17)18)16(11)8-3-4-8/h8H,3-5H2,1-2H3,(H,17,18). The molecule has 0 bridgehead atoms. The Morgan fingerprint density at radius 3 is 2.75 bits per heavy atom. The molecule has 1 saturated carbocycles. The molecule has 1 aliphatic rings. The molecule has 1 aliphatic carbocycles. The first-order valence-electron chi connectivity index (χ1n) is 6.30. The number of aliphatic carboxylic acids is 1. The zero-order chi connectivity index (χ0) is 14.3. The Labute approximate surface area is 119 Å². The van der Waals surface area contributed by atoms with Gasteiger partial charge in [0.15, 0.2) is 16.8 Å². The lowest BCUT2D eigenvalue weighted by Gasteiger charge is -2.06. The van der Waals surface area contributed by atoms with E-state index >= 15 is 0 Å². The summed E-state index contributed by atoms with van der Waals surface area (Å²) in [6.45, 7) is 3.65. The summed E-state index contributed by atoms with van der Waals surface area (Å²) >= 11 is 1.18. The monoisotopic (exact) mass is 294 g/mol. The second-order valence-electron chi connectivity index (χ2n) is 4.74. The second-order valence-corrected chi connectivity index (χ2v) is 5.68. The fourth-order valence-corrected chi connectivity index (χ4v) is 2.78. The SMILES string of the molecule is Cc1nc(C)c(-c2nnc(SCC(=O)O)n2C2CC2)o1. The Morgan fingerprint density at radius 2 is 2.20 bits per heavy atom. The van der Waals surface area contributed by atoms with Gasteiger partial charge in [0.1, 0.15) is 0 Å². The number of carbonyl (C=O) groups is 1. The number of oxazole rings is 1. The third-order valence-electron chi connectivity index (χ3n) is 3.01. The highest BCUT2D eigenvalue weighted by Gasteiger charge is 2.32. The van der Waals surface area contributed by atoms with Gasteiger partial charge in [0.05, 0.1) is 11.4 Å². The number of carboxylic acid groups (broad SMARTS) is 1. The first-order chi connectivity index (χ1) is 9.56. The van der Waals surface area contributed by atoms with E-state index in [9.17, 15) is 4.79 Å². The van der Waals surface area contributed by atoms with E-state index in [2.05, 4.69) is 15.2 Å². The van der Waals surface area contributed by atoms with Gasteiger partial charge >= 0.3 is 5.97 Å². The van der Waals surface area contributed by atoms with Crippen LogP contribution in [0, 0.1) is 13.8 Å². The Bertz CT molecular complexity index is 660. The van der Waals surface area contributed by atoms with Crippen molar-refractivity contribution in [1.82, 2.24) is 19.7 Å². The Kier molecular flexibility index (Phi) is 3.25. The summed E-state index contributed by atoms with van der Waals surface area (Å²) in [5.41, 5.74) is 0.770. The van der Waals surface area contributed by atoms with Gasteiger partial charge in [0.2, 0.25) is 5.82 Å². The Morgan fingerprint density at radius 1 is 1.45 bits per heavy atom. The quantitative estimate of drug-likeness (QED) is 0.843. The molecule has 0 spiro atoms. The molecule has 1 fully saturated rings. The molecule has 1 N–H and O–H groups in total. The van der Waals surface area contributed by atoms with Crippen molar-refractivity contribution in [2.75, 3.05) is 5.75 Å². The Hall–Kier alpha value is -1.83. The molecule has 0 amide bonds. The molecule has 0 atom stereocenters. The van der Waals surface area contributed by atoms with Gasteiger partial charge in [0.25, 0.3) is 0 Å². The van der Waals surface area contributed by atoms with Crippen LogP contribution in [0.1, 0.15) is 30.5 Å². The van der Waals surface area contributed by atoms with Gasteiger partial charge in [-0.25, -0.2) is 4.98 Å². The van der Waals surface area contributed by atoms with Crippen LogP contribution in [0.2, 0.25) is 0 Å². The Balaban J connectivity index is 1.99. The average Bonchev–Trinajstić information content (AvgIpc) is 3.04. The second kappa shape index (κ2) is 4.93. The van der Waals surface area contributed by atoms with E-state index in [1.54, 1.807) is 6.92 Å². The van der Waals surface area contributed by atoms with Gasteiger partial charge in [-0.1, -0.05) is 11.8 Å². The van der Waals surface area contributed by atoms with Crippen LogP contribution in [-0.4, -0.2) is 36.6 Å². The molecule has 7 nitrogen and oxygen atoms in total. The fourth-order valence-electron chi connectivity index (χ4n) is 2.06. The van der Waals surface area contributed by atoms with Crippen molar-refractivity contribution in [3.8, 4) is 11.6 Å². The van der Waals surface area contributed by atoms with Crippen LogP contribution in [0.4, 0.5) is 0 Å². The van der Waals surface area contributed by atoms with Gasteiger partial charge in [-0.3, -0.25) is 9.36 Å². The van der Waals surface area contributed by atoms with E-state index in [0.29, 0.717) is 28.7 Å². The molecule has 0 aliphatic heterocycles. The number of aryl methyl sites for hydroxylation is 2. The van der Waals surface area contributed by atoms with Crippen molar-refractivity contribution in [3.63, 3.8) is 0 Å². The molecular weight excluding hydrogens is 280 g/mol. The number of aromatic nitrogens is 4. The highest BCUT2D eigenvalue weighted by atomic mass is 32.2. The van der Waals surface area contributed by atoms with Crippen molar-refractivity contribution in [3.05, 3.63) is 11.6 Å². The summed E-state index contributed by atoms with van der Waals surface area (Å²) < 4.78 is 7.57. The zero-order valence-corrected chi connectivity index (χ0v) is 12.0. The van der Waals surface area contributed by atoms with Crippen molar-refractivity contribution >= 4 is 17.7 Å². The minimum absolute atomic E-state index is 0.0285. The first kappa shape index (κ1) is 13.2. The molecule has 2 heterocycles. The third-order valence-corrected chi connectivity index (χ3v) is 3.94. The van der Waals surface area contributed by atoms with Gasteiger partial charge in [0, 0.05) is 13.0 Å². The number of hydrogen-bond acceptors (Lipinski definition) is 6. The number of hydrogen-bond donors (Lipinski definition) is 1. The van der Waals surface area contributed by atoms with E-state index < -0.39 is 5.97 Å². The average molecular weight is 294 g/mol. The summed E-state index contributed by atoms with van der Waals surface area (Å²) in [5.74, 6) is 0.943. The van der Waals surface area contributed by atoms with Crippen molar-refractivity contribution in [2.24, 2.45) is 0 Å². The van der Waals surface area contributed by atoms with E-state index in [1.165, 1.54) is 11.8 Å². The van der Waals surface area contributed by atoms with Gasteiger partial charge in [-0.05, 0) is 19.8 Å². The molecule has 106 valence electrons. The minimum Gasteiger partial charge on any atom is -0.481 e. The highest BCUT2D eigenvalue weighted by Crippen LogP contribution is 2.41. The van der Waals surface area contributed by atoms with Crippen molar-refractivity contribution in [2.45, 2.75) is 37.9 Å². The molecule has 20 heavy (non-hydrogen) atoms. The normalized spacial score (nSPS) is 14.7. The van der Waals surface area contributed by atoms with Crippen LogP contribution in [0.5, 0.6) is 0 Å². The lowest BCUT2D eigenvalue weighted by atomic mass is 10.3. The smallest absolute Gasteiger partial charge is 0.313 e. The maximum Gasteiger partial charge on any atom is 0.313 e. The largest absolute Gasteiger partial charge is 0.481 e. The highest BCUT2D eigenvalue weighted by molar-refractivity contribution is 7.99. The molecule has 3 rings (SSSR count). The van der Waals surface area contributed by atoms with Gasteiger partial charge in [-0.15, -0.1) is 10.2 Å². The maximum absolute atomic E-state index is 10.7. The molecule has 0 saturated heterocycles. The topological polar surface area (TPSA) is 94.0 Å². The molecule has 0 radical (unpaired) electrons. The maximum atomic E-state index is 10.7. The first-order valence-corrected chi connectivity index (χ1v) is 7.28. The van der Waals surface area contributed by atoms with Crippen LogP contribution >= 0.6 is 11.8 Å². The lowest BCUT2D eigenvalue weighted by Crippen LogP contribution is -2.03. The predicted octanol–water partition coefficient (Wildman–Crippen LogP) is 2.06. The van der Waals surface area contributed by atoms with E-state index in [4.69, 9.17) is 9.52 Å². The molecule has 2 aromatic heterocycles. The van der Waals surface area contributed by atoms with Crippen LogP contribution in [0.15, 0.2) is 9.57 Å². The number of thioether (sulfide) groups is 1. The fraction of sp³-hybridized carbons (Fsp3) is 0.500. The van der Waals surface area contributed by atoms with Crippen LogP contribution < -0.4 is 0 Å². The molecule has 2 aromatic rings. The summed E-state index contributed by atoms with van der Waals surface area (Å²) in [4.78, 5) is 14.9. The van der Waals surface area contributed by atoms with Crippen LogP contribution in [0.25, 0.3) is 11.6 Å². The number of rotatable bonds is 5. The third kappa shape index (κ3) is 2.43. The summed E-state index contributed by atoms with van der Waals surface area (Å²) in [5, 5.41) is 17.7. The number of carboxylic acids is 1. The summed E-state index contributed by atoms with van der Waals surface area (Å²) in [6, 6.07) is 0.334. The van der Waals surface area contributed by atoms with Crippen molar-refractivity contribution < 1.29 is 14.3 Å². The van der Waals surface area contributed by atoms with Gasteiger partial charge in [-0.2, -0.15) is 0 Å². The molecular formula is C12H14N4O3S. The molecule has 0 unspecified atom stereocenters. The molecule has 8 heteroatoms. The minimum atomic E-state index is -0.867. The van der Waals surface area contributed by atoms with Crippen molar-refractivity contribution in [1.29, 1.82) is 0 Å². The van der Waals surface area contributed by atoms with Crippen LogP contribution in [-0.2, 0) is 4.79 Å². The lowest BCUT2D eigenvalue weighted by molar-refractivity contribution is -0.133. The summed E-state index contributed by atoms with van der Waals surface area (Å²) in [7, 11) is 0. The van der Waals surface area contributed by atoms with E-state index in [1.807, 2.05) is 11.5 Å². The summed E-state index contributed by atoms with van der Waals surface area (Å²) in [6.07, 6.45) is 2.11. The molecule has 0 aromatic carbocycles. The van der Waals surface area contributed by atoms with E-state index in [0.717, 1.165) is 18.5 Å². The van der Waals surface area contributed by atoms with Gasteiger partial charge < -0.3 is 9.52 Å². The predicted molar refractivity (Wildman–Crippen MR) is 71.6 cm³/mol.